The number of nitrogens with zero attached hydrogens (tertiary/aromatic N) is 2. The first kappa shape index (κ1) is 20.0. The number of halogens is 2. The van der Waals surface area contributed by atoms with E-state index in [1.54, 1.807) is 13.0 Å². The van der Waals surface area contributed by atoms with Crippen LogP contribution in [0.2, 0.25) is 0 Å². The number of aromatic nitrogens is 2. The quantitative estimate of drug-likeness (QED) is 0.664. The number of hydrogen-bond acceptors (Lipinski definition) is 4. The Morgan fingerprint density at radius 1 is 1.21 bits per heavy atom. The minimum atomic E-state index is -0.985. The summed E-state index contributed by atoms with van der Waals surface area (Å²) >= 11 is 0. The van der Waals surface area contributed by atoms with Crippen LogP contribution in [0.1, 0.15) is 16.7 Å². The first-order valence-electron chi connectivity index (χ1n) is 8.51. The molecule has 0 aliphatic carbocycles. The van der Waals surface area contributed by atoms with Crippen molar-refractivity contribution in [2.45, 2.75) is 20.4 Å². The van der Waals surface area contributed by atoms with Crippen molar-refractivity contribution in [3.63, 3.8) is 0 Å². The van der Waals surface area contributed by atoms with Gasteiger partial charge in [0.1, 0.15) is 0 Å². The fraction of sp³-hybridized carbons (Fsp3) is 0.200. The first-order valence-corrected chi connectivity index (χ1v) is 9.09. The summed E-state index contributed by atoms with van der Waals surface area (Å²) in [5.74, 6) is -1.25. The van der Waals surface area contributed by atoms with Gasteiger partial charge in [0.15, 0.2) is 11.6 Å². The van der Waals surface area contributed by atoms with Gasteiger partial charge in [0, 0.05) is 17.4 Å². The smallest absolute Gasteiger partial charge is 0.310 e. The van der Waals surface area contributed by atoms with E-state index in [1.807, 2.05) is 25.1 Å². The molecule has 1 aromatic heterocycles. The predicted octanol–water partition coefficient (Wildman–Crippen LogP) is 3.44. The van der Waals surface area contributed by atoms with Crippen LogP contribution in [0.3, 0.4) is 0 Å². The van der Waals surface area contributed by atoms with Crippen LogP contribution >= 0.6 is 9.24 Å². The zero-order valence-electron chi connectivity index (χ0n) is 15.7. The van der Waals surface area contributed by atoms with Gasteiger partial charge in [-0.25, -0.2) is 4.39 Å². The number of methoxy groups -OCH3 is 1. The lowest BCUT2D eigenvalue weighted by Crippen LogP contribution is -2.20. The third-order valence-corrected chi connectivity index (χ3v) is 4.62. The molecule has 0 bridgehead atoms. The Balaban J connectivity index is 2.03. The van der Waals surface area contributed by atoms with Crippen molar-refractivity contribution in [3.05, 3.63) is 75.2 Å². The molecule has 0 fully saturated rings. The summed E-state index contributed by atoms with van der Waals surface area (Å²) in [6.45, 7) is 3.82. The van der Waals surface area contributed by atoms with Gasteiger partial charge in [-0.1, -0.05) is 23.8 Å². The molecule has 0 spiro atoms. The minimum Gasteiger partial charge on any atom is -0.494 e. The maximum Gasteiger partial charge on any atom is 0.310 e. The molecule has 0 aliphatic heterocycles. The SMILES string of the molecule is COc1ccc(Nc2nc(=O)c(F)cn2Cc2cc(C)cc(P)c2)c(C)c1F. The van der Waals surface area contributed by atoms with Gasteiger partial charge in [0.2, 0.25) is 11.8 Å². The van der Waals surface area contributed by atoms with Gasteiger partial charge in [-0.2, -0.15) is 9.37 Å². The molecule has 0 aliphatic rings. The van der Waals surface area contributed by atoms with E-state index in [0.717, 1.165) is 22.6 Å². The normalized spacial score (nSPS) is 10.8. The molecule has 1 unspecified atom stereocenters. The van der Waals surface area contributed by atoms with Gasteiger partial charge in [-0.05, 0) is 36.8 Å². The van der Waals surface area contributed by atoms with Crippen molar-refractivity contribution in [2.75, 3.05) is 12.4 Å². The highest BCUT2D eigenvalue weighted by atomic mass is 31.0. The van der Waals surface area contributed by atoms with E-state index in [-0.39, 0.29) is 18.2 Å². The van der Waals surface area contributed by atoms with Crippen molar-refractivity contribution in [1.82, 2.24) is 9.55 Å². The van der Waals surface area contributed by atoms with E-state index < -0.39 is 17.2 Å². The second-order valence-corrected chi connectivity index (χ2v) is 7.14. The van der Waals surface area contributed by atoms with Gasteiger partial charge in [-0.3, -0.25) is 4.79 Å². The number of rotatable bonds is 5. The first-order chi connectivity index (χ1) is 13.3. The summed E-state index contributed by atoms with van der Waals surface area (Å²) in [6.07, 6.45) is 1.09. The average Bonchev–Trinajstić information content (AvgIpc) is 2.62. The summed E-state index contributed by atoms with van der Waals surface area (Å²) in [4.78, 5) is 15.5. The van der Waals surface area contributed by atoms with E-state index in [2.05, 4.69) is 19.5 Å². The predicted molar refractivity (Wildman–Crippen MR) is 109 cm³/mol. The molecular weight excluding hydrogens is 383 g/mol. The monoisotopic (exact) mass is 403 g/mol. The van der Waals surface area contributed by atoms with E-state index in [4.69, 9.17) is 4.74 Å². The van der Waals surface area contributed by atoms with Crippen molar-refractivity contribution in [2.24, 2.45) is 0 Å². The number of benzene rings is 2. The molecule has 0 amide bonds. The Labute approximate surface area is 163 Å². The highest BCUT2D eigenvalue weighted by Gasteiger charge is 2.14. The minimum absolute atomic E-state index is 0.111. The highest BCUT2D eigenvalue weighted by Crippen LogP contribution is 2.28. The standard InChI is InChI=1S/C20H20F2N3O2P/c1-11-6-13(8-14(28)7-11)9-25-10-15(21)19(26)24-20(25)23-16-4-5-17(27-3)18(22)12(16)2/h4-8,10H,9,28H2,1-3H3,(H,23,24,26). The second-order valence-electron chi connectivity index (χ2n) is 6.48. The summed E-state index contributed by atoms with van der Waals surface area (Å²) in [7, 11) is 4.01. The van der Waals surface area contributed by atoms with E-state index in [9.17, 15) is 13.6 Å². The van der Waals surface area contributed by atoms with E-state index in [0.29, 0.717) is 11.3 Å². The fourth-order valence-corrected chi connectivity index (χ4v) is 3.42. The molecule has 1 heterocycles. The number of ether oxygens (including phenoxy) is 1. The van der Waals surface area contributed by atoms with Gasteiger partial charge in [-0.15, -0.1) is 9.24 Å². The van der Waals surface area contributed by atoms with Gasteiger partial charge in [0.25, 0.3) is 0 Å². The Morgan fingerprint density at radius 3 is 2.64 bits per heavy atom. The van der Waals surface area contributed by atoms with E-state index in [1.165, 1.54) is 17.7 Å². The maximum atomic E-state index is 14.3. The number of anilines is 2. The van der Waals surface area contributed by atoms with Crippen molar-refractivity contribution in [3.8, 4) is 5.75 Å². The summed E-state index contributed by atoms with van der Waals surface area (Å²) in [5.41, 5.74) is 1.69. The van der Waals surface area contributed by atoms with Crippen LogP contribution in [0.5, 0.6) is 5.75 Å². The van der Waals surface area contributed by atoms with E-state index >= 15 is 0 Å². The molecule has 146 valence electrons. The van der Waals surface area contributed by atoms with Gasteiger partial charge >= 0.3 is 5.56 Å². The lowest BCUT2D eigenvalue weighted by atomic mass is 10.1. The third kappa shape index (κ3) is 4.20. The summed E-state index contributed by atoms with van der Waals surface area (Å²) in [6, 6.07) is 8.99. The van der Waals surface area contributed by atoms with Crippen LogP contribution in [0, 0.1) is 25.5 Å². The molecule has 5 nitrogen and oxygen atoms in total. The van der Waals surface area contributed by atoms with Crippen LogP contribution in [0.25, 0.3) is 0 Å². The van der Waals surface area contributed by atoms with Crippen LogP contribution in [0.4, 0.5) is 20.4 Å². The fourth-order valence-electron chi connectivity index (χ4n) is 2.94. The molecule has 0 radical (unpaired) electrons. The summed E-state index contributed by atoms with van der Waals surface area (Å²) < 4.78 is 34.7. The van der Waals surface area contributed by atoms with Crippen molar-refractivity contribution < 1.29 is 13.5 Å². The van der Waals surface area contributed by atoms with Gasteiger partial charge < -0.3 is 14.6 Å². The van der Waals surface area contributed by atoms with Crippen molar-refractivity contribution >= 4 is 26.2 Å². The lowest BCUT2D eigenvalue weighted by molar-refractivity contribution is 0.385. The van der Waals surface area contributed by atoms with Crippen LogP contribution in [-0.4, -0.2) is 16.7 Å². The number of hydrogen-bond donors (Lipinski definition) is 1. The van der Waals surface area contributed by atoms with Crippen LogP contribution in [-0.2, 0) is 6.54 Å². The number of aryl methyl sites for hydroxylation is 1. The molecule has 3 rings (SSSR count). The van der Waals surface area contributed by atoms with Crippen molar-refractivity contribution in [1.29, 1.82) is 0 Å². The van der Waals surface area contributed by atoms with Crippen LogP contribution in [0.15, 0.2) is 41.3 Å². The highest BCUT2D eigenvalue weighted by molar-refractivity contribution is 7.27. The molecule has 1 N–H and O–H groups in total. The van der Waals surface area contributed by atoms with Crippen LogP contribution < -0.4 is 20.9 Å². The molecule has 2 aromatic carbocycles. The molecule has 3 aromatic rings. The third-order valence-electron chi connectivity index (χ3n) is 4.28. The maximum absolute atomic E-state index is 14.3. The second kappa shape index (κ2) is 8.07. The average molecular weight is 403 g/mol. The number of nitrogens with one attached hydrogen (secondary N) is 1. The Hall–Kier alpha value is -2.79. The Morgan fingerprint density at radius 2 is 1.96 bits per heavy atom. The molecule has 1 atom stereocenters. The Kier molecular flexibility index (Phi) is 5.75. The Bertz CT molecular complexity index is 1080. The summed E-state index contributed by atoms with van der Waals surface area (Å²) in [5, 5.41) is 3.93. The largest absolute Gasteiger partial charge is 0.494 e. The lowest BCUT2D eigenvalue weighted by Gasteiger charge is -2.17. The topological polar surface area (TPSA) is 56.1 Å². The molecule has 28 heavy (non-hydrogen) atoms. The molecule has 8 heteroatoms. The zero-order valence-corrected chi connectivity index (χ0v) is 16.9. The molecular formula is C20H20F2N3O2P. The molecule has 0 saturated carbocycles. The zero-order chi connectivity index (χ0) is 20.4. The molecule has 0 saturated heterocycles. The van der Waals surface area contributed by atoms with Gasteiger partial charge in [0.05, 0.1) is 13.7 Å².